The number of benzene rings is 1. The molecule has 0 aliphatic rings. The van der Waals surface area contributed by atoms with Crippen LogP contribution in [0.2, 0.25) is 0 Å². The van der Waals surface area contributed by atoms with E-state index in [-0.39, 0.29) is 6.10 Å². The SMILES string of the molecule is CCOC(c1ccccc1)C(CCCC(C)C)NC. The topological polar surface area (TPSA) is 21.3 Å². The lowest BCUT2D eigenvalue weighted by atomic mass is 9.95. The minimum Gasteiger partial charge on any atom is -0.372 e. The van der Waals surface area contributed by atoms with Crippen LogP contribution in [0.1, 0.15) is 51.7 Å². The van der Waals surface area contributed by atoms with Gasteiger partial charge in [0, 0.05) is 12.6 Å². The Kier molecular flexibility index (Phi) is 7.76. The first-order valence-corrected chi connectivity index (χ1v) is 7.52. The second-order valence-electron chi connectivity index (χ2n) is 5.51. The van der Waals surface area contributed by atoms with Crippen LogP contribution in [0.15, 0.2) is 30.3 Å². The molecule has 108 valence electrons. The fourth-order valence-electron chi connectivity index (χ4n) is 2.46. The zero-order chi connectivity index (χ0) is 14.1. The molecule has 0 bridgehead atoms. The van der Waals surface area contributed by atoms with Gasteiger partial charge in [-0.2, -0.15) is 0 Å². The highest BCUT2D eigenvalue weighted by molar-refractivity contribution is 5.19. The summed E-state index contributed by atoms with van der Waals surface area (Å²) in [5.74, 6) is 0.778. The van der Waals surface area contributed by atoms with E-state index in [4.69, 9.17) is 4.74 Å². The van der Waals surface area contributed by atoms with Crippen molar-refractivity contribution in [2.24, 2.45) is 5.92 Å². The molecule has 2 heteroatoms. The summed E-state index contributed by atoms with van der Waals surface area (Å²) in [6.45, 7) is 7.38. The number of nitrogens with one attached hydrogen (secondary N) is 1. The summed E-state index contributed by atoms with van der Waals surface area (Å²) < 4.78 is 5.98. The smallest absolute Gasteiger partial charge is 0.0977 e. The van der Waals surface area contributed by atoms with Crippen molar-refractivity contribution in [2.75, 3.05) is 13.7 Å². The van der Waals surface area contributed by atoms with Crippen LogP contribution in [0.25, 0.3) is 0 Å². The molecule has 2 unspecified atom stereocenters. The quantitative estimate of drug-likeness (QED) is 0.721. The molecule has 1 aromatic carbocycles. The molecule has 0 radical (unpaired) electrons. The van der Waals surface area contributed by atoms with Crippen LogP contribution in [0.5, 0.6) is 0 Å². The average molecular weight is 263 g/mol. The number of likely N-dealkylation sites (N-methyl/N-ethyl adjacent to an activating group) is 1. The Morgan fingerprint density at radius 1 is 1.11 bits per heavy atom. The van der Waals surface area contributed by atoms with Crippen molar-refractivity contribution < 1.29 is 4.74 Å². The Bertz CT molecular complexity index is 323. The second kappa shape index (κ2) is 9.11. The lowest BCUT2D eigenvalue weighted by molar-refractivity contribution is 0.0320. The van der Waals surface area contributed by atoms with Gasteiger partial charge in [-0.15, -0.1) is 0 Å². The molecule has 0 spiro atoms. The van der Waals surface area contributed by atoms with Crippen molar-refractivity contribution in [3.8, 4) is 0 Å². The molecule has 0 amide bonds. The molecular formula is C17H29NO. The van der Waals surface area contributed by atoms with Gasteiger partial charge in [0.15, 0.2) is 0 Å². The zero-order valence-corrected chi connectivity index (χ0v) is 12.9. The van der Waals surface area contributed by atoms with E-state index in [1.54, 1.807) is 0 Å². The fourth-order valence-corrected chi connectivity index (χ4v) is 2.46. The number of ether oxygens (including phenoxy) is 1. The summed E-state index contributed by atoms with van der Waals surface area (Å²) in [6.07, 6.45) is 3.85. The molecule has 0 saturated carbocycles. The Balaban J connectivity index is 2.66. The summed E-state index contributed by atoms with van der Waals surface area (Å²) >= 11 is 0. The van der Waals surface area contributed by atoms with Crippen molar-refractivity contribution in [2.45, 2.75) is 52.2 Å². The lowest BCUT2D eigenvalue weighted by Crippen LogP contribution is -2.33. The number of hydrogen-bond acceptors (Lipinski definition) is 2. The minimum atomic E-state index is 0.156. The molecule has 19 heavy (non-hydrogen) atoms. The highest BCUT2D eigenvalue weighted by atomic mass is 16.5. The van der Waals surface area contributed by atoms with E-state index in [1.165, 1.54) is 18.4 Å². The monoisotopic (exact) mass is 263 g/mol. The van der Waals surface area contributed by atoms with Gasteiger partial charge in [0.2, 0.25) is 0 Å². The molecule has 0 aliphatic heterocycles. The molecule has 1 N–H and O–H groups in total. The van der Waals surface area contributed by atoms with Crippen molar-refractivity contribution in [1.82, 2.24) is 5.32 Å². The zero-order valence-electron chi connectivity index (χ0n) is 12.9. The van der Waals surface area contributed by atoms with Gasteiger partial charge in [0.25, 0.3) is 0 Å². The fraction of sp³-hybridized carbons (Fsp3) is 0.647. The third kappa shape index (κ3) is 5.75. The summed E-state index contributed by atoms with van der Waals surface area (Å²) in [4.78, 5) is 0. The van der Waals surface area contributed by atoms with Crippen LogP contribution >= 0.6 is 0 Å². The molecule has 0 aromatic heterocycles. The highest BCUT2D eigenvalue weighted by Crippen LogP contribution is 2.24. The minimum absolute atomic E-state index is 0.156. The van der Waals surface area contributed by atoms with Crippen molar-refractivity contribution >= 4 is 0 Å². The van der Waals surface area contributed by atoms with Gasteiger partial charge < -0.3 is 10.1 Å². The molecular weight excluding hydrogens is 234 g/mol. The van der Waals surface area contributed by atoms with Gasteiger partial charge in [-0.1, -0.05) is 57.0 Å². The van der Waals surface area contributed by atoms with Gasteiger partial charge >= 0.3 is 0 Å². The van der Waals surface area contributed by atoms with Crippen LogP contribution in [-0.2, 0) is 4.74 Å². The van der Waals surface area contributed by atoms with E-state index in [2.05, 4.69) is 56.4 Å². The van der Waals surface area contributed by atoms with E-state index < -0.39 is 0 Å². The first-order chi connectivity index (χ1) is 9.19. The maximum atomic E-state index is 5.98. The van der Waals surface area contributed by atoms with Gasteiger partial charge in [-0.25, -0.2) is 0 Å². The normalized spacial score (nSPS) is 14.6. The molecule has 2 atom stereocenters. The lowest BCUT2D eigenvalue weighted by Gasteiger charge is -2.27. The summed E-state index contributed by atoms with van der Waals surface area (Å²) in [5.41, 5.74) is 1.27. The van der Waals surface area contributed by atoms with Crippen LogP contribution in [0.4, 0.5) is 0 Å². The van der Waals surface area contributed by atoms with Crippen molar-refractivity contribution in [1.29, 1.82) is 0 Å². The molecule has 1 aromatic rings. The van der Waals surface area contributed by atoms with Crippen LogP contribution in [-0.4, -0.2) is 19.7 Å². The molecule has 0 heterocycles. The first-order valence-electron chi connectivity index (χ1n) is 7.52. The third-order valence-corrected chi connectivity index (χ3v) is 3.51. The Morgan fingerprint density at radius 2 is 1.79 bits per heavy atom. The Labute approximate surface area is 118 Å². The van der Waals surface area contributed by atoms with Crippen LogP contribution in [0, 0.1) is 5.92 Å². The van der Waals surface area contributed by atoms with E-state index in [1.807, 2.05) is 7.05 Å². The molecule has 1 rings (SSSR count). The molecule has 0 fully saturated rings. The van der Waals surface area contributed by atoms with E-state index in [9.17, 15) is 0 Å². The van der Waals surface area contributed by atoms with Gasteiger partial charge in [0.05, 0.1) is 6.10 Å². The molecule has 0 saturated heterocycles. The number of rotatable bonds is 9. The first kappa shape index (κ1) is 16.2. The Morgan fingerprint density at radius 3 is 2.32 bits per heavy atom. The van der Waals surface area contributed by atoms with Gasteiger partial charge in [-0.05, 0) is 31.9 Å². The summed E-state index contributed by atoms with van der Waals surface area (Å²) in [7, 11) is 2.04. The van der Waals surface area contributed by atoms with E-state index >= 15 is 0 Å². The summed E-state index contributed by atoms with van der Waals surface area (Å²) in [6, 6.07) is 10.9. The molecule has 0 aliphatic carbocycles. The highest BCUT2D eigenvalue weighted by Gasteiger charge is 2.21. The predicted molar refractivity (Wildman–Crippen MR) is 82.3 cm³/mol. The number of hydrogen-bond donors (Lipinski definition) is 1. The summed E-state index contributed by atoms with van der Waals surface area (Å²) in [5, 5.41) is 3.43. The largest absolute Gasteiger partial charge is 0.372 e. The van der Waals surface area contributed by atoms with Crippen molar-refractivity contribution in [3.05, 3.63) is 35.9 Å². The maximum absolute atomic E-state index is 5.98. The Hall–Kier alpha value is -0.860. The predicted octanol–water partition coefficient (Wildman–Crippen LogP) is 4.18. The third-order valence-electron chi connectivity index (χ3n) is 3.51. The van der Waals surface area contributed by atoms with Crippen molar-refractivity contribution in [3.63, 3.8) is 0 Å². The van der Waals surface area contributed by atoms with Crippen LogP contribution < -0.4 is 5.32 Å². The molecule has 2 nitrogen and oxygen atoms in total. The second-order valence-corrected chi connectivity index (χ2v) is 5.51. The van der Waals surface area contributed by atoms with E-state index in [0.29, 0.717) is 6.04 Å². The van der Waals surface area contributed by atoms with Gasteiger partial charge in [0.1, 0.15) is 0 Å². The standard InChI is InChI=1S/C17H29NO/c1-5-19-17(15-11-7-6-8-12-15)16(18-4)13-9-10-14(2)3/h6-8,11-12,14,16-18H,5,9-10,13H2,1-4H3. The average Bonchev–Trinajstić information content (AvgIpc) is 2.42. The maximum Gasteiger partial charge on any atom is 0.0977 e. The van der Waals surface area contributed by atoms with Gasteiger partial charge in [-0.3, -0.25) is 0 Å². The van der Waals surface area contributed by atoms with E-state index in [0.717, 1.165) is 18.9 Å². The van der Waals surface area contributed by atoms with Crippen LogP contribution in [0.3, 0.4) is 0 Å².